The van der Waals surface area contributed by atoms with E-state index in [1.807, 2.05) is 0 Å². The van der Waals surface area contributed by atoms with Crippen LogP contribution in [0.4, 0.5) is 0 Å². The van der Waals surface area contributed by atoms with Crippen LogP contribution in [0, 0.1) is 0 Å². The van der Waals surface area contributed by atoms with Gasteiger partial charge in [-0.05, 0) is 30.2 Å². The van der Waals surface area contributed by atoms with Gasteiger partial charge >= 0.3 is 0 Å². The van der Waals surface area contributed by atoms with E-state index in [9.17, 15) is 19.8 Å². The average molecular weight is 336 g/mol. The zero-order chi connectivity index (χ0) is 18.1. The van der Waals surface area contributed by atoms with Crippen LogP contribution in [-0.4, -0.2) is 34.2 Å². The molecule has 0 spiro atoms. The second-order valence-electron chi connectivity index (χ2n) is 6.14. The Morgan fingerprint density at radius 3 is 2.25 bits per heavy atom. The number of rotatable bonds is 11. The number of aliphatic hydroxyl groups is 2. The van der Waals surface area contributed by atoms with Crippen LogP contribution < -0.4 is 11.5 Å². The van der Waals surface area contributed by atoms with Gasteiger partial charge in [0.1, 0.15) is 0 Å². The lowest BCUT2D eigenvalue weighted by Crippen LogP contribution is -2.29. The molecule has 6 nitrogen and oxygen atoms in total. The van der Waals surface area contributed by atoms with Crippen molar-refractivity contribution in [2.45, 2.75) is 64.1 Å². The van der Waals surface area contributed by atoms with E-state index in [2.05, 4.69) is 6.92 Å². The predicted octanol–water partition coefficient (Wildman–Crippen LogP) is 1.51. The summed E-state index contributed by atoms with van der Waals surface area (Å²) in [6.45, 7) is 2.13. The van der Waals surface area contributed by atoms with Crippen LogP contribution in [0.1, 0.15) is 71.7 Å². The van der Waals surface area contributed by atoms with Crippen LogP contribution in [0.3, 0.4) is 0 Å². The van der Waals surface area contributed by atoms with E-state index >= 15 is 0 Å². The maximum absolute atomic E-state index is 11.5. The fourth-order valence-corrected chi connectivity index (χ4v) is 2.67. The molecule has 0 radical (unpaired) electrons. The Hall–Kier alpha value is -1.92. The normalized spacial score (nSPS) is 13.5. The molecule has 0 fully saturated rings. The van der Waals surface area contributed by atoms with Gasteiger partial charge in [-0.15, -0.1) is 0 Å². The van der Waals surface area contributed by atoms with E-state index in [-0.39, 0.29) is 17.5 Å². The molecule has 0 saturated heterocycles. The highest BCUT2D eigenvalue weighted by molar-refractivity contribution is 5.97. The van der Waals surface area contributed by atoms with Crippen LogP contribution in [-0.2, 0) is 6.42 Å². The summed E-state index contributed by atoms with van der Waals surface area (Å²) < 4.78 is 0. The number of hydrogen-bond acceptors (Lipinski definition) is 4. The zero-order valence-corrected chi connectivity index (χ0v) is 14.2. The lowest BCUT2D eigenvalue weighted by Gasteiger charge is -2.19. The number of aliphatic hydroxyl groups excluding tert-OH is 2. The number of carbonyl (C=O) groups excluding carboxylic acids is 2. The van der Waals surface area contributed by atoms with Crippen LogP contribution in [0.25, 0.3) is 0 Å². The smallest absolute Gasteiger partial charge is 0.248 e. The molecule has 1 aromatic rings. The largest absolute Gasteiger partial charge is 0.390 e. The van der Waals surface area contributed by atoms with Gasteiger partial charge in [0.2, 0.25) is 11.8 Å². The van der Waals surface area contributed by atoms with Crippen LogP contribution in [0.15, 0.2) is 18.2 Å². The van der Waals surface area contributed by atoms with Gasteiger partial charge in [-0.2, -0.15) is 0 Å². The van der Waals surface area contributed by atoms with Gasteiger partial charge in [-0.1, -0.05) is 39.0 Å². The molecular weight excluding hydrogens is 308 g/mol. The Bertz CT molecular complexity index is 560. The van der Waals surface area contributed by atoms with Crippen LogP contribution >= 0.6 is 0 Å². The third-order valence-corrected chi connectivity index (χ3v) is 4.13. The van der Waals surface area contributed by atoms with E-state index in [0.29, 0.717) is 12.0 Å². The Kier molecular flexibility index (Phi) is 8.43. The third-order valence-electron chi connectivity index (χ3n) is 4.13. The van der Waals surface area contributed by atoms with Crippen molar-refractivity contribution in [1.29, 1.82) is 0 Å². The van der Waals surface area contributed by atoms with Gasteiger partial charge in [0.25, 0.3) is 0 Å². The summed E-state index contributed by atoms with van der Waals surface area (Å²) in [6, 6.07) is 4.28. The lowest BCUT2D eigenvalue weighted by molar-refractivity contribution is 0.0136. The zero-order valence-electron chi connectivity index (χ0n) is 14.2. The molecule has 1 rings (SSSR count). The van der Waals surface area contributed by atoms with Crippen LogP contribution in [0.5, 0.6) is 0 Å². The second kappa shape index (κ2) is 10.1. The minimum Gasteiger partial charge on any atom is -0.390 e. The highest BCUT2D eigenvalue weighted by atomic mass is 16.3. The van der Waals surface area contributed by atoms with Crippen molar-refractivity contribution in [2.75, 3.05) is 0 Å². The van der Waals surface area contributed by atoms with Gasteiger partial charge in [0, 0.05) is 17.5 Å². The fraction of sp³-hybridized carbons (Fsp3) is 0.556. The van der Waals surface area contributed by atoms with Crippen molar-refractivity contribution in [3.8, 4) is 0 Å². The first kappa shape index (κ1) is 20.1. The van der Waals surface area contributed by atoms with Gasteiger partial charge in [-0.25, -0.2) is 0 Å². The first-order valence-electron chi connectivity index (χ1n) is 8.45. The van der Waals surface area contributed by atoms with Crippen molar-refractivity contribution < 1.29 is 19.8 Å². The van der Waals surface area contributed by atoms with Gasteiger partial charge in [-0.3, -0.25) is 9.59 Å². The molecule has 6 heteroatoms. The highest BCUT2D eigenvalue weighted by Gasteiger charge is 2.20. The number of amides is 2. The van der Waals surface area contributed by atoms with E-state index in [0.717, 1.165) is 25.7 Å². The molecule has 0 aromatic heterocycles. The monoisotopic (exact) mass is 336 g/mol. The molecular formula is C18H28N2O4. The predicted molar refractivity (Wildman–Crippen MR) is 92.6 cm³/mol. The summed E-state index contributed by atoms with van der Waals surface area (Å²) >= 11 is 0. The fourth-order valence-electron chi connectivity index (χ4n) is 2.67. The van der Waals surface area contributed by atoms with E-state index in [1.54, 1.807) is 0 Å². The first-order chi connectivity index (χ1) is 11.4. The second-order valence-corrected chi connectivity index (χ2v) is 6.14. The first-order valence-corrected chi connectivity index (χ1v) is 8.45. The van der Waals surface area contributed by atoms with Crippen molar-refractivity contribution in [1.82, 2.24) is 0 Å². The topological polar surface area (TPSA) is 127 Å². The molecule has 1 aromatic carbocycles. The Balaban J connectivity index is 2.70. The van der Waals surface area contributed by atoms with E-state index < -0.39 is 24.0 Å². The molecule has 134 valence electrons. The summed E-state index contributed by atoms with van der Waals surface area (Å²) in [7, 11) is 0. The Morgan fingerprint density at radius 2 is 1.67 bits per heavy atom. The molecule has 6 N–H and O–H groups in total. The molecule has 2 amide bonds. The number of nitrogens with two attached hydrogens (primary N) is 2. The summed E-state index contributed by atoms with van der Waals surface area (Å²) in [5.41, 5.74) is 11.4. The maximum Gasteiger partial charge on any atom is 0.248 e. The van der Waals surface area contributed by atoms with Gasteiger partial charge in [0.15, 0.2) is 0 Å². The van der Waals surface area contributed by atoms with Crippen molar-refractivity contribution in [3.05, 3.63) is 34.9 Å². The Labute approximate surface area is 142 Å². The Morgan fingerprint density at radius 1 is 1.00 bits per heavy atom. The molecule has 24 heavy (non-hydrogen) atoms. The summed E-state index contributed by atoms with van der Waals surface area (Å²) in [6.07, 6.45) is 3.90. The highest BCUT2D eigenvalue weighted by Crippen LogP contribution is 2.17. The molecule has 0 aliphatic rings. The van der Waals surface area contributed by atoms with E-state index in [1.165, 1.54) is 24.6 Å². The minimum atomic E-state index is -1.03. The van der Waals surface area contributed by atoms with Crippen molar-refractivity contribution in [2.24, 2.45) is 11.5 Å². The van der Waals surface area contributed by atoms with Crippen LogP contribution in [0.2, 0.25) is 0 Å². The third kappa shape index (κ3) is 6.29. The standard InChI is InChI=1S/C18H28N2O4/c1-2-3-4-5-6-7-15(21)16(22)11-13-10-12(17(19)23)8-9-14(13)18(20)24/h8-10,15-16,21-22H,2-7,11H2,1H3,(H2,19,23)(H2,20,24). The number of hydrogen-bond donors (Lipinski definition) is 4. The summed E-state index contributed by atoms with van der Waals surface area (Å²) in [5, 5.41) is 20.3. The quantitative estimate of drug-likeness (QED) is 0.457. The maximum atomic E-state index is 11.5. The SMILES string of the molecule is CCCCCCCC(O)C(O)Cc1cc(C(N)=O)ccc1C(N)=O. The minimum absolute atomic E-state index is 0.0372. The van der Waals surface area contributed by atoms with Gasteiger partial charge in [0.05, 0.1) is 12.2 Å². The molecule has 0 aliphatic carbocycles. The number of primary amides is 2. The van der Waals surface area contributed by atoms with E-state index in [4.69, 9.17) is 11.5 Å². The molecule has 2 atom stereocenters. The number of carbonyl (C=O) groups is 2. The summed E-state index contributed by atoms with van der Waals surface area (Å²) in [5.74, 6) is -1.28. The van der Waals surface area contributed by atoms with Gasteiger partial charge < -0.3 is 21.7 Å². The molecule has 0 heterocycles. The molecule has 0 aliphatic heterocycles. The number of unbranched alkanes of at least 4 members (excludes halogenated alkanes) is 4. The molecule has 0 saturated carbocycles. The molecule has 0 bridgehead atoms. The average Bonchev–Trinajstić information content (AvgIpc) is 2.53. The van der Waals surface area contributed by atoms with Crippen molar-refractivity contribution >= 4 is 11.8 Å². The summed E-state index contributed by atoms with van der Waals surface area (Å²) in [4.78, 5) is 22.8. The lowest BCUT2D eigenvalue weighted by atomic mass is 9.94. The molecule has 2 unspecified atom stereocenters. The number of benzene rings is 1. The van der Waals surface area contributed by atoms with Crippen molar-refractivity contribution in [3.63, 3.8) is 0 Å².